The minimum Gasteiger partial charge on any atom is -0.357 e. The van der Waals surface area contributed by atoms with Crippen LogP contribution in [0.2, 0.25) is 0 Å². The molecule has 0 aliphatic carbocycles. The van der Waals surface area contributed by atoms with E-state index in [9.17, 15) is 0 Å². The van der Waals surface area contributed by atoms with Gasteiger partial charge < -0.3 is 15.5 Å². The Kier molecular flexibility index (Phi) is 8.97. The second-order valence-corrected chi connectivity index (χ2v) is 6.96. The van der Waals surface area contributed by atoms with Gasteiger partial charge in [-0.15, -0.1) is 0 Å². The molecule has 1 atom stereocenters. The maximum atomic E-state index is 4.78. The van der Waals surface area contributed by atoms with E-state index in [1.807, 2.05) is 18.7 Å². The average Bonchev–Trinajstić information content (AvgIpc) is 2.81. The molecule has 1 unspecified atom stereocenters. The fourth-order valence-corrected chi connectivity index (χ4v) is 3.35. The number of nitrogens with zero attached hydrogens (tertiary/aromatic N) is 4. The Balaban J connectivity index is 2.81. The molecule has 0 spiro atoms. The third-order valence-corrected chi connectivity index (χ3v) is 5.13. The number of hydrogen-bond acceptors (Lipinski definition) is 3. The lowest BCUT2D eigenvalue weighted by Gasteiger charge is -2.32. The van der Waals surface area contributed by atoms with E-state index >= 15 is 0 Å². The molecular weight excluding hydrogens is 312 g/mol. The largest absolute Gasteiger partial charge is 0.357 e. The second kappa shape index (κ2) is 10.4. The first-order valence-electron chi connectivity index (χ1n) is 9.53. The highest BCUT2D eigenvalue weighted by atomic mass is 15.3. The van der Waals surface area contributed by atoms with Crippen molar-refractivity contribution in [3.8, 4) is 0 Å². The zero-order valence-electron chi connectivity index (χ0n) is 17.5. The number of rotatable bonds is 9. The molecule has 1 aromatic rings. The number of likely N-dealkylation sites (N-methyl/N-ethyl adjacent to an activating group) is 1. The summed E-state index contributed by atoms with van der Waals surface area (Å²) in [4.78, 5) is 7.11. The molecule has 144 valence electrons. The van der Waals surface area contributed by atoms with E-state index in [2.05, 4.69) is 62.4 Å². The highest BCUT2D eigenvalue weighted by molar-refractivity contribution is 5.79. The smallest absolute Gasteiger partial charge is 0.191 e. The van der Waals surface area contributed by atoms with Gasteiger partial charge in [-0.3, -0.25) is 4.68 Å². The lowest BCUT2D eigenvalue weighted by molar-refractivity contribution is 0.200. The molecule has 0 saturated carbocycles. The Morgan fingerprint density at radius 2 is 1.80 bits per heavy atom. The SMILES string of the molecule is CCNC(=NCc1c(C)nn(C)c1C)NCC(C(CC)CC)N(C)C. The highest BCUT2D eigenvalue weighted by Gasteiger charge is 2.20. The van der Waals surface area contributed by atoms with Gasteiger partial charge in [0, 0.05) is 37.4 Å². The van der Waals surface area contributed by atoms with Crippen molar-refractivity contribution in [1.82, 2.24) is 25.3 Å². The monoisotopic (exact) mass is 350 g/mol. The number of guanidine groups is 1. The molecule has 0 aliphatic heterocycles. The van der Waals surface area contributed by atoms with E-state index in [-0.39, 0.29) is 0 Å². The summed E-state index contributed by atoms with van der Waals surface area (Å²) in [6.07, 6.45) is 2.39. The van der Waals surface area contributed by atoms with Crippen molar-refractivity contribution in [2.45, 2.75) is 60.0 Å². The molecule has 6 heteroatoms. The number of aliphatic imine (C=N–C) groups is 1. The summed E-state index contributed by atoms with van der Waals surface area (Å²) in [6, 6.07) is 0.501. The van der Waals surface area contributed by atoms with Crippen molar-refractivity contribution >= 4 is 5.96 Å². The molecule has 1 aromatic heterocycles. The Hall–Kier alpha value is -1.56. The van der Waals surface area contributed by atoms with Crippen LogP contribution in [-0.4, -0.2) is 53.9 Å². The van der Waals surface area contributed by atoms with Gasteiger partial charge in [0.1, 0.15) is 0 Å². The number of aromatic nitrogens is 2. The van der Waals surface area contributed by atoms with Crippen molar-refractivity contribution in [3.63, 3.8) is 0 Å². The highest BCUT2D eigenvalue weighted by Crippen LogP contribution is 2.16. The zero-order valence-corrected chi connectivity index (χ0v) is 17.5. The summed E-state index contributed by atoms with van der Waals surface area (Å²) in [5.74, 6) is 1.57. The van der Waals surface area contributed by atoms with Gasteiger partial charge in [0.15, 0.2) is 5.96 Å². The van der Waals surface area contributed by atoms with Crippen LogP contribution in [0.1, 0.15) is 50.6 Å². The molecule has 0 aromatic carbocycles. The normalized spacial score (nSPS) is 13.6. The summed E-state index contributed by atoms with van der Waals surface area (Å²) in [7, 11) is 6.31. The maximum Gasteiger partial charge on any atom is 0.191 e. The van der Waals surface area contributed by atoms with E-state index < -0.39 is 0 Å². The van der Waals surface area contributed by atoms with Gasteiger partial charge >= 0.3 is 0 Å². The van der Waals surface area contributed by atoms with Crippen LogP contribution in [0.5, 0.6) is 0 Å². The Morgan fingerprint density at radius 1 is 1.16 bits per heavy atom. The van der Waals surface area contributed by atoms with Gasteiger partial charge in [0.05, 0.1) is 12.2 Å². The van der Waals surface area contributed by atoms with Gasteiger partial charge in [-0.1, -0.05) is 26.7 Å². The summed E-state index contributed by atoms with van der Waals surface area (Å²) in [6.45, 7) is 13.2. The minimum atomic E-state index is 0.501. The average molecular weight is 351 g/mol. The van der Waals surface area contributed by atoms with Crippen LogP contribution in [0.4, 0.5) is 0 Å². The molecule has 1 rings (SSSR count). The van der Waals surface area contributed by atoms with Crippen LogP contribution in [0.3, 0.4) is 0 Å². The molecule has 6 nitrogen and oxygen atoms in total. The van der Waals surface area contributed by atoms with E-state index in [4.69, 9.17) is 4.99 Å². The van der Waals surface area contributed by atoms with Gasteiger partial charge in [-0.25, -0.2) is 4.99 Å². The van der Waals surface area contributed by atoms with Crippen LogP contribution in [0.15, 0.2) is 4.99 Å². The topological polar surface area (TPSA) is 57.5 Å². The van der Waals surface area contributed by atoms with Crippen LogP contribution in [0, 0.1) is 19.8 Å². The first-order chi connectivity index (χ1) is 11.8. The molecular formula is C19H38N6. The van der Waals surface area contributed by atoms with Gasteiger partial charge in [-0.05, 0) is 40.8 Å². The predicted octanol–water partition coefficient (Wildman–Crippen LogP) is 2.46. The van der Waals surface area contributed by atoms with Crippen molar-refractivity contribution in [1.29, 1.82) is 0 Å². The lowest BCUT2D eigenvalue weighted by atomic mass is 9.93. The van der Waals surface area contributed by atoms with E-state index in [1.54, 1.807) is 0 Å². The molecule has 0 aliphatic rings. The molecule has 0 radical (unpaired) electrons. The van der Waals surface area contributed by atoms with Gasteiger partial charge in [-0.2, -0.15) is 5.10 Å². The van der Waals surface area contributed by atoms with Crippen molar-refractivity contribution in [2.75, 3.05) is 27.2 Å². The van der Waals surface area contributed by atoms with E-state index in [0.29, 0.717) is 18.5 Å². The van der Waals surface area contributed by atoms with E-state index in [1.165, 1.54) is 24.1 Å². The Labute approximate surface area is 154 Å². The number of aryl methyl sites for hydroxylation is 2. The summed E-state index contributed by atoms with van der Waals surface area (Å²) >= 11 is 0. The zero-order chi connectivity index (χ0) is 19.0. The first kappa shape index (κ1) is 21.5. The van der Waals surface area contributed by atoms with Crippen LogP contribution in [0.25, 0.3) is 0 Å². The van der Waals surface area contributed by atoms with Crippen molar-refractivity contribution in [2.24, 2.45) is 18.0 Å². The lowest BCUT2D eigenvalue weighted by Crippen LogP contribution is -2.48. The van der Waals surface area contributed by atoms with Crippen molar-refractivity contribution < 1.29 is 0 Å². The molecule has 0 saturated heterocycles. The third-order valence-electron chi connectivity index (χ3n) is 5.13. The standard InChI is InChI=1S/C19H38N6/c1-9-16(10-2)18(24(6)7)13-22-19(20-11-3)21-12-17-14(4)23-25(8)15(17)5/h16,18H,9-13H2,1-8H3,(H2,20,21,22). The Bertz CT molecular complexity index is 542. The van der Waals surface area contributed by atoms with Gasteiger partial charge in [0.2, 0.25) is 0 Å². The third kappa shape index (κ3) is 6.03. The van der Waals surface area contributed by atoms with Gasteiger partial charge in [0.25, 0.3) is 0 Å². The van der Waals surface area contributed by atoms with Crippen LogP contribution < -0.4 is 10.6 Å². The fourth-order valence-electron chi connectivity index (χ4n) is 3.35. The molecule has 0 bridgehead atoms. The van der Waals surface area contributed by atoms with E-state index in [0.717, 1.165) is 24.7 Å². The number of hydrogen-bond donors (Lipinski definition) is 2. The summed E-state index contributed by atoms with van der Waals surface area (Å²) < 4.78 is 1.93. The second-order valence-electron chi connectivity index (χ2n) is 6.96. The molecule has 1 heterocycles. The van der Waals surface area contributed by atoms with Crippen LogP contribution >= 0.6 is 0 Å². The van der Waals surface area contributed by atoms with Crippen LogP contribution in [-0.2, 0) is 13.6 Å². The summed E-state index contributed by atoms with van der Waals surface area (Å²) in [5, 5.41) is 11.4. The minimum absolute atomic E-state index is 0.501. The molecule has 2 N–H and O–H groups in total. The predicted molar refractivity (Wildman–Crippen MR) is 107 cm³/mol. The molecule has 25 heavy (non-hydrogen) atoms. The number of nitrogens with one attached hydrogen (secondary N) is 2. The quantitative estimate of drug-likeness (QED) is 0.531. The summed E-state index contributed by atoms with van der Waals surface area (Å²) in [5.41, 5.74) is 3.45. The Morgan fingerprint density at radius 3 is 2.24 bits per heavy atom. The maximum absolute atomic E-state index is 4.78. The van der Waals surface area contributed by atoms with Crippen molar-refractivity contribution in [3.05, 3.63) is 17.0 Å². The fraction of sp³-hybridized carbons (Fsp3) is 0.789. The first-order valence-corrected chi connectivity index (χ1v) is 9.53. The molecule has 0 fully saturated rings. The molecule has 0 amide bonds.